The van der Waals surface area contributed by atoms with E-state index in [2.05, 4.69) is 0 Å². The van der Waals surface area contributed by atoms with Crippen LogP contribution in [0.3, 0.4) is 0 Å². The predicted octanol–water partition coefficient (Wildman–Crippen LogP) is 2.32. The monoisotopic (exact) mass is 350 g/mol. The largest absolute Gasteiger partial charge is 0.481 e. The number of carboxylic acid groups (broad SMARTS) is 2. The van der Waals surface area contributed by atoms with Crippen molar-refractivity contribution in [1.29, 1.82) is 0 Å². The Bertz CT molecular complexity index is 551. The fraction of sp³-hybridized carbons (Fsp3) is 0.579. The zero-order chi connectivity index (χ0) is 18.9. The summed E-state index contributed by atoms with van der Waals surface area (Å²) in [6, 6.07) is 6.90. The van der Waals surface area contributed by atoms with E-state index in [1.54, 1.807) is 0 Å². The van der Waals surface area contributed by atoms with Crippen LogP contribution in [0.5, 0.6) is 0 Å². The normalized spacial score (nSPS) is 17.1. The highest BCUT2D eigenvalue weighted by atomic mass is 16.4. The van der Waals surface area contributed by atoms with E-state index in [9.17, 15) is 9.59 Å². The Kier molecular flexibility index (Phi) is 8.58. The summed E-state index contributed by atoms with van der Waals surface area (Å²) < 4.78 is 0. The minimum absolute atomic E-state index is 0.0793. The van der Waals surface area contributed by atoms with Crippen LogP contribution in [0.2, 0.25) is 0 Å². The average molecular weight is 350 g/mol. The van der Waals surface area contributed by atoms with Gasteiger partial charge in [0.1, 0.15) is 6.04 Å². The summed E-state index contributed by atoms with van der Waals surface area (Å²) in [6.45, 7) is 2.51. The molecule has 0 aromatic heterocycles. The van der Waals surface area contributed by atoms with Gasteiger partial charge in [-0.1, -0.05) is 49.1 Å². The molecule has 1 atom stereocenters. The molecule has 6 nitrogen and oxygen atoms in total. The molecule has 1 aromatic rings. The summed E-state index contributed by atoms with van der Waals surface area (Å²) in [7, 11) is 0. The van der Waals surface area contributed by atoms with Gasteiger partial charge in [-0.25, -0.2) is 0 Å². The van der Waals surface area contributed by atoms with Crippen LogP contribution in [-0.4, -0.2) is 34.7 Å². The second-order valence-corrected chi connectivity index (χ2v) is 6.97. The second kappa shape index (κ2) is 10.2. The van der Waals surface area contributed by atoms with Crippen LogP contribution in [0, 0.1) is 12.3 Å². The minimum Gasteiger partial charge on any atom is -0.481 e. The Labute approximate surface area is 149 Å². The van der Waals surface area contributed by atoms with Crippen LogP contribution in [0.25, 0.3) is 0 Å². The van der Waals surface area contributed by atoms with Gasteiger partial charge in [0.2, 0.25) is 0 Å². The van der Waals surface area contributed by atoms with Gasteiger partial charge in [0.15, 0.2) is 0 Å². The summed E-state index contributed by atoms with van der Waals surface area (Å²) in [5.41, 5.74) is 13.0. The van der Waals surface area contributed by atoms with Crippen LogP contribution in [-0.2, 0) is 16.0 Å². The molecule has 2 rings (SSSR count). The molecule has 0 aliphatic heterocycles. The Balaban J connectivity index is 0.000000251. The summed E-state index contributed by atoms with van der Waals surface area (Å²) in [6.07, 6.45) is 6.15. The first-order chi connectivity index (χ1) is 11.8. The van der Waals surface area contributed by atoms with Crippen molar-refractivity contribution in [2.24, 2.45) is 16.9 Å². The molecular weight excluding hydrogens is 320 g/mol. The highest BCUT2D eigenvalue weighted by Gasteiger charge is 2.32. The van der Waals surface area contributed by atoms with E-state index in [4.69, 9.17) is 21.7 Å². The fourth-order valence-electron chi connectivity index (χ4n) is 3.14. The molecule has 6 N–H and O–H groups in total. The number of benzene rings is 1. The number of nitrogens with two attached hydrogens (primary N) is 2. The lowest BCUT2D eigenvalue weighted by molar-refractivity contribution is -0.140. The third kappa shape index (κ3) is 7.67. The van der Waals surface area contributed by atoms with Crippen molar-refractivity contribution in [2.45, 2.75) is 57.9 Å². The third-order valence-corrected chi connectivity index (χ3v) is 4.77. The van der Waals surface area contributed by atoms with Crippen molar-refractivity contribution in [2.75, 3.05) is 6.54 Å². The lowest BCUT2D eigenvalue weighted by Gasteiger charge is -2.34. The molecule has 1 aliphatic carbocycles. The smallest absolute Gasteiger partial charge is 0.320 e. The molecule has 1 fully saturated rings. The molecule has 1 aliphatic rings. The van der Waals surface area contributed by atoms with E-state index >= 15 is 0 Å². The molecular formula is C19H30N2O4. The van der Waals surface area contributed by atoms with E-state index in [0.717, 1.165) is 36.8 Å². The molecule has 1 aromatic carbocycles. The first kappa shape index (κ1) is 21.1. The lowest BCUT2D eigenvalue weighted by atomic mass is 9.72. The van der Waals surface area contributed by atoms with Gasteiger partial charge in [-0.05, 0) is 43.7 Å². The Morgan fingerprint density at radius 1 is 1.12 bits per heavy atom. The van der Waals surface area contributed by atoms with Crippen LogP contribution >= 0.6 is 0 Å². The van der Waals surface area contributed by atoms with Gasteiger partial charge < -0.3 is 21.7 Å². The van der Waals surface area contributed by atoms with Crippen molar-refractivity contribution in [3.05, 3.63) is 35.4 Å². The zero-order valence-corrected chi connectivity index (χ0v) is 14.9. The number of hydrogen-bond donors (Lipinski definition) is 4. The van der Waals surface area contributed by atoms with Gasteiger partial charge >= 0.3 is 11.9 Å². The summed E-state index contributed by atoms with van der Waals surface area (Å²) in [5, 5.41) is 17.3. The highest BCUT2D eigenvalue weighted by molar-refractivity contribution is 5.73. The predicted molar refractivity (Wildman–Crippen MR) is 97.3 cm³/mol. The van der Waals surface area contributed by atoms with Crippen molar-refractivity contribution >= 4 is 11.9 Å². The summed E-state index contributed by atoms with van der Waals surface area (Å²) in [4.78, 5) is 21.0. The maximum absolute atomic E-state index is 10.6. The maximum Gasteiger partial charge on any atom is 0.320 e. The Hall–Kier alpha value is -1.92. The third-order valence-electron chi connectivity index (χ3n) is 4.77. The molecule has 0 bridgehead atoms. The van der Waals surface area contributed by atoms with Gasteiger partial charge in [0.05, 0.1) is 6.42 Å². The van der Waals surface area contributed by atoms with Crippen LogP contribution in [0.4, 0.5) is 0 Å². The van der Waals surface area contributed by atoms with Gasteiger partial charge in [0, 0.05) is 0 Å². The van der Waals surface area contributed by atoms with E-state index in [-0.39, 0.29) is 11.8 Å². The summed E-state index contributed by atoms with van der Waals surface area (Å²) in [5.74, 6) is -1.66. The van der Waals surface area contributed by atoms with Crippen LogP contribution < -0.4 is 11.5 Å². The topological polar surface area (TPSA) is 127 Å². The first-order valence-corrected chi connectivity index (χ1v) is 8.74. The molecule has 0 saturated heterocycles. The molecule has 0 spiro atoms. The number of carbonyl (C=O) groups is 2. The van der Waals surface area contributed by atoms with Crippen LogP contribution in [0.1, 0.15) is 49.7 Å². The standard InChI is InChI=1S/C10H13NO2.C9H17NO2/c1-7-2-4-8(5-3-7)6-9(11)10(12)13;10-7-9(6-8(11)12)4-2-1-3-5-9/h2-5,9H,6,11H2,1H3,(H,12,13);1-7,10H2,(H,11,12)/t9-;/m0./s1. The van der Waals surface area contributed by atoms with Crippen LogP contribution in [0.15, 0.2) is 24.3 Å². The van der Waals surface area contributed by atoms with Gasteiger partial charge in [0.25, 0.3) is 0 Å². The van der Waals surface area contributed by atoms with E-state index in [0.29, 0.717) is 13.0 Å². The number of hydrogen-bond acceptors (Lipinski definition) is 4. The molecule has 0 heterocycles. The zero-order valence-electron chi connectivity index (χ0n) is 14.9. The lowest BCUT2D eigenvalue weighted by Crippen LogP contribution is -2.34. The van der Waals surface area contributed by atoms with Gasteiger partial charge in [-0.2, -0.15) is 0 Å². The number of carboxylic acids is 2. The Morgan fingerprint density at radius 3 is 2.12 bits per heavy atom. The van der Waals surface area contributed by atoms with Gasteiger partial charge in [-0.3, -0.25) is 9.59 Å². The van der Waals surface area contributed by atoms with E-state index in [1.165, 1.54) is 6.42 Å². The van der Waals surface area contributed by atoms with Crippen molar-refractivity contribution in [3.8, 4) is 0 Å². The number of aliphatic carboxylic acids is 2. The molecule has 0 unspecified atom stereocenters. The highest BCUT2D eigenvalue weighted by Crippen LogP contribution is 2.38. The first-order valence-electron chi connectivity index (χ1n) is 8.74. The second-order valence-electron chi connectivity index (χ2n) is 6.97. The quantitative estimate of drug-likeness (QED) is 0.623. The molecule has 25 heavy (non-hydrogen) atoms. The average Bonchev–Trinajstić information content (AvgIpc) is 2.57. The number of aryl methyl sites for hydroxylation is 1. The molecule has 140 valence electrons. The van der Waals surface area contributed by atoms with E-state index < -0.39 is 18.0 Å². The minimum atomic E-state index is -0.958. The van der Waals surface area contributed by atoms with Crippen molar-refractivity contribution in [1.82, 2.24) is 0 Å². The summed E-state index contributed by atoms with van der Waals surface area (Å²) >= 11 is 0. The maximum atomic E-state index is 10.6. The Morgan fingerprint density at radius 2 is 1.68 bits per heavy atom. The number of rotatable bonds is 6. The van der Waals surface area contributed by atoms with Crippen molar-refractivity contribution < 1.29 is 19.8 Å². The molecule has 1 saturated carbocycles. The van der Waals surface area contributed by atoms with E-state index in [1.807, 2.05) is 31.2 Å². The fourth-order valence-corrected chi connectivity index (χ4v) is 3.14. The molecule has 0 radical (unpaired) electrons. The molecule has 6 heteroatoms. The van der Waals surface area contributed by atoms with Gasteiger partial charge in [-0.15, -0.1) is 0 Å². The molecule has 0 amide bonds. The van der Waals surface area contributed by atoms with Crippen molar-refractivity contribution in [3.63, 3.8) is 0 Å². The SMILES string of the molecule is Cc1ccc(C[C@H](N)C(=O)O)cc1.NCC1(CC(=O)O)CCCCC1.